The van der Waals surface area contributed by atoms with Crippen molar-refractivity contribution in [3.05, 3.63) is 188 Å². The molecule has 0 aliphatic rings. The Morgan fingerprint density at radius 3 is 1.48 bits per heavy atom. The van der Waals surface area contributed by atoms with Gasteiger partial charge in [-0.3, -0.25) is 0 Å². The monoisotopic (exact) mass is 717 g/mol. The Labute approximate surface area is 322 Å². The van der Waals surface area contributed by atoms with Crippen LogP contribution >= 0.6 is 0 Å². The molecule has 5 heteroatoms. The number of fused-ring (bicyclic) bond motifs is 6. The Kier molecular flexibility index (Phi) is 7.42. The Bertz CT molecular complexity index is 3240. The summed E-state index contributed by atoms with van der Waals surface area (Å²) < 4.78 is 13.4. The van der Waals surface area contributed by atoms with Crippen LogP contribution in [-0.2, 0) is 0 Å². The molecular formula is C51H31N3O2. The lowest BCUT2D eigenvalue weighted by Crippen LogP contribution is -2.00. The van der Waals surface area contributed by atoms with Crippen molar-refractivity contribution in [2.24, 2.45) is 0 Å². The summed E-state index contributed by atoms with van der Waals surface area (Å²) in [6.07, 6.45) is 0. The SMILES string of the molecule is c1ccc(-c2cccc(-c3nc(-c4cccc5c4oc4cc(-c6ccccc6)ccc45)nc(-c4cccc5c4oc4cccc(-c6ccccc6)c45)n3)c2)cc1. The van der Waals surface area contributed by atoms with Crippen molar-refractivity contribution in [1.82, 2.24) is 15.0 Å². The fourth-order valence-corrected chi connectivity index (χ4v) is 7.88. The van der Waals surface area contributed by atoms with Crippen molar-refractivity contribution in [1.29, 1.82) is 0 Å². The van der Waals surface area contributed by atoms with Crippen LogP contribution in [-0.4, -0.2) is 15.0 Å². The molecule has 0 amide bonds. The number of aromatic nitrogens is 3. The number of hydrogen-bond donors (Lipinski definition) is 0. The van der Waals surface area contributed by atoms with E-state index in [4.69, 9.17) is 23.8 Å². The van der Waals surface area contributed by atoms with Crippen molar-refractivity contribution in [3.8, 4) is 67.5 Å². The number of hydrogen-bond acceptors (Lipinski definition) is 5. The van der Waals surface area contributed by atoms with E-state index in [0.29, 0.717) is 17.5 Å². The maximum atomic E-state index is 6.71. The first kappa shape index (κ1) is 31.9. The van der Waals surface area contributed by atoms with E-state index < -0.39 is 0 Å². The standard InChI is InChI=1S/C51H31N3O2/c1-4-14-32(15-5-1)35-20-10-21-37(30-35)49-52-50(42-25-11-23-40-39-29-28-36(31-45(39)56-47(40)42)33-16-6-2-7-17-33)54-51(53-49)43-26-12-24-41-46-38(34-18-8-3-9-19-34)22-13-27-44(46)55-48(41)43/h1-31H. The van der Waals surface area contributed by atoms with Gasteiger partial charge in [-0.25, -0.2) is 15.0 Å². The van der Waals surface area contributed by atoms with Crippen molar-refractivity contribution >= 4 is 43.9 Å². The highest BCUT2D eigenvalue weighted by atomic mass is 16.3. The molecule has 0 bridgehead atoms. The molecule has 0 N–H and O–H groups in total. The topological polar surface area (TPSA) is 65.0 Å². The molecule has 0 fully saturated rings. The number of para-hydroxylation sites is 2. The molecule has 3 heterocycles. The number of benzene rings is 8. The van der Waals surface area contributed by atoms with Crippen molar-refractivity contribution in [3.63, 3.8) is 0 Å². The third-order valence-electron chi connectivity index (χ3n) is 10.6. The molecule has 56 heavy (non-hydrogen) atoms. The predicted molar refractivity (Wildman–Crippen MR) is 227 cm³/mol. The van der Waals surface area contributed by atoms with E-state index in [1.807, 2.05) is 48.5 Å². The summed E-state index contributed by atoms with van der Waals surface area (Å²) in [6.45, 7) is 0. The first-order valence-electron chi connectivity index (χ1n) is 18.7. The molecule has 0 saturated carbocycles. The number of nitrogens with zero attached hydrogens (tertiary/aromatic N) is 3. The van der Waals surface area contributed by atoms with E-state index in [0.717, 1.165) is 93.9 Å². The second kappa shape index (κ2) is 13.0. The van der Waals surface area contributed by atoms with Gasteiger partial charge in [-0.2, -0.15) is 0 Å². The molecule has 0 spiro atoms. The highest BCUT2D eigenvalue weighted by molar-refractivity contribution is 6.15. The average Bonchev–Trinajstić information content (AvgIpc) is 3.86. The van der Waals surface area contributed by atoms with Gasteiger partial charge >= 0.3 is 0 Å². The zero-order valence-electron chi connectivity index (χ0n) is 30.1. The van der Waals surface area contributed by atoms with Gasteiger partial charge in [0, 0.05) is 27.1 Å². The lowest BCUT2D eigenvalue weighted by Gasteiger charge is -2.10. The van der Waals surface area contributed by atoms with Crippen LogP contribution in [0.1, 0.15) is 0 Å². The highest BCUT2D eigenvalue weighted by Gasteiger charge is 2.22. The minimum atomic E-state index is 0.514. The Balaban J connectivity index is 1.14. The van der Waals surface area contributed by atoms with E-state index in [-0.39, 0.29) is 0 Å². The minimum absolute atomic E-state index is 0.514. The van der Waals surface area contributed by atoms with Gasteiger partial charge in [-0.05, 0) is 69.8 Å². The molecule has 0 aliphatic heterocycles. The summed E-state index contributed by atoms with van der Waals surface area (Å²) in [5.74, 6) is 1.59. The van der Waals surface area contributed by atoms with E-state index in [1.165, 1.54) is 0 Å². The fraction of sp³-hybridized carbons (Fsp3) is 0. The summed E-state index contributed by atoms with van der Waals surface area (Å²) in [4.78, 5) is 15.6. The summed E-state index contributed by atoms with van der Waals surface area (Å²) >= 11 is 0. The molecule has 8 aromatic carbocycles. The smallest absolute Gasteiger partial charge is 0.167 e. The lowest BCUT2D eigenvalue weighted by atomic mass is 9.99. The summed E-state index contributed by atoms with van der Waals surface area (Å²) in [6, 6.07) is 64.5. The van der Waals surface area contributed by atoms with E-state index in [1.54, 1.807) is 0 Å². The van der Waals surface area contributed by atoms with Gasteiger partial charge in [0.1, 0.15) is 22.3 Å². The second-order valence-corrected chi connectivity index (χ2v) is 13.9. The number of rotatable bonds is 6. The Hall–Kier alpha value is -7.63. The molecule has 262 valence electrons. The first-order valence-corrected chi connectivity index (χ1v) is 18.7. The van der Waals surface area contributed by atoms with Gasteiger partial charge in [0.2, 0.25) is 0 Å². The van der Waals surface area contributed by atoms with Gasteiger partial charge in [0.05, 0.1) is 11.1 Å². The summed E-state index contributed by atoms with van der Waals surface area (Å²) in [5, 5.41) is 4.09. The molecule has 5 nitrogen and oxygen atoms in total. The van der Waals surface area contributed by atoms with Gasteiger partial charge in [-0.15, -0.1) is 0 Å². The molecule has 11 aromatic rings. The Morgan fingerprint density at radius 2 is 0.786 bits per heavy atom. The molecule has 0 radical (unpaired) electrons. The van der Waals surface area contributed by atoms with Crippen LogP contribution < -0.4 is 0 Å². The summed E-state index contributed by atoms with van der Waals surface area (Å²) in [5.41, 5.74) is 12.2. The zero-order chi connectivity index (χ0) is 37.0. The molecule has 0 saturated heterocycles. The molecule has 3 aromatic heterocycles. The predicted octanol–water partition coefficient (Wildman–Crippen LogP) is 13.7. The third kappa shape index (κ3) is 5.37. The summed E-state index contributed by atoms with van der Waals surface area (Å²) in [7, 11) is 0. The van der Waals surface area contributed by atoms with E-state index >= 15 is 0 Å². The highest BCUT2D eigenvalue weighted by Crippen LogP contribution is 2.42. The van der Waals surface area contributed by atoms with E-state index in [9.17, 15) is 0 Å². The molecule has 11 rings (SSSR count). The van der Waals surface area contributed by atoms with Crippen LogP contribution in [0.5, 0.6) is 0 Å². The lowest BCUT2D eigenvalue weighted by molar-refractivity contribution is 0.669. The van der Waals surface area contributed by atoms with Crippen LogP contribution in [0.15, 0.2) is 197 Å². The maximum absolute atomic E-state index is 6.71. The second-order valence-electron chi connectivity index (χ2n) is 13.9. The average molecular weight is 718 g/mol. The van der Waals surface area contributed by atoms with Crippen molar-refractivity contribution in [2.75, 3.05) is 0 Å². The molecule has 0 unspecified atom stereocenters. The van der Waals surface area contributed by atoms with Gasteiger partial charge < -0.3 is 8.83 Å². The maximum Gasteiger partial charge on any atom is 0.167 e. The van der Waals surface area contributed by atoms with E-state index in [2.05, 4.69) is 140 Å². The third-order valence-corrected chi connectivity index (χ3v) is 10.6. The fourth-order valence-electron chi connectivity index (χ4n) is 7.88. The largest absolute Gasteiger partial charge is 0.455 e. The quantitative estimate of drug-likeness (QED) is 0.171. The van der Waals surface area contributed by atoms with Crippen LogP contribution in [0.25, 0.3) is 111 Å². The van der Waals surface area contributed by atoms with Gasteiger partial charge in [0.15, 0.2) is 17.5 Å². The minimum Gasteiger partial charge on any atom is -0.455 e. The zero-order valence-corrected chi connectivity index (χ0v) is 30.1. The van der Waals surface area contributed by atoms with Gasteiger partial charge in [0.25, 0.3) is 0 Å². The normalized spacial score (nSPS) is 11.6. The first-order chi connectivity index (χ1) is 27.7. The molecule has 0 aliphatic carbocycles. The van der Waals surface area contributed by atoms with Crippen molar-refractivity contribution in [2.45, 2.75) is 0 Å². The van der Waals surface area contributed by atoms with Crippen molar-refractivity contribution < 1.29 is 8.83 Å². The molecular weight excluding hydrogens is 687 g/mol. The van der Waals surface area contributed by atoms with Crippen LogP contribution in [0.4, 0.5) is 0 Å². The molecule has 0 atom stereocenters. The Morgan fingerprint density at radius 1 is 0.286 bits per heavy atom. The van der Waals surface area contributed by atoms with Crippen LogP contribution in [0.2, 0.25) is 0 Å². The van der Waals surface area contributed by atoms with Crippen LogP contribution in [0.3, 0.4) is 0 Å². The van der Waals surface area contributed by atoms with Gasteiger partial charge in [-0.1, -0.05) is 152 Å². The number of furan rings is 2. The van der Waals surface area contributed by atoms with Crippen LogP contribution in [0, 0.1) is 0 Å².